The maximum atomic E-state index is 13.4. The van der Waals surface area contributed by atoms with Gasteiger partial charge in [-0.15, -0.1) is 0 Å². The van der Waals surface area contributed by atoms with Crippen molar-refractivity contribution in [3.8, 4) is 0 Å². The van der Waals surface area contributed by atoms with Crippen LogP contribution in [-0.4, -0.2) is 50.5 Å². The van der Waals surface area contributed by atoms with E-state index in [0.717, 1.165) is 22.9 Å². The maximum Gasteiger partial charge on any atom is 0.242 e. The Balaban J connectivity index is 2.19. The highest BCUT2D eigenvalue weighted by Gasteiger charge is 2.27. The molecular weight excluding hydrogens is 498 g/mol. The number of amides is 2. The molecule has 2 aromatic rings. The zero-order valence-corrected chi connectivity index (χ0v) is 23.6. The van der Waals surface area contributed by atoms with Crippen LogP contribution < -0.4 is 9.62 Å². The Bertz CT molecular complexity index is 1170. The molecule has 1 atom stereocenters. The van der Waals surface area contributed by atoms with E-state index in [1.807, 2.05) is 52.0 Å². The third-order valence-electron chi connectivity index (χ3n) is 5.88. The van der Waals surface area contributed by atoms with E-state index < -0.39 is 16.1 Å². The predicted molar refractivity (Wildman–Crippen MR) is 147 cm³/mol. The zero-order chi connectivity index (χ0) is 27.0. The fourth-order valence-corrected chi connectivity index (χ4v) is 5.06. The third-order valence-corrected chi connectivity index (χ3v) is 7.29. The summed E-state index contributed by atoms with van der Waals surface area (Å²) in [7, 11) is -3.59. The van der Waals surface area contributed by atoms with E-state index in [1.54, 1.807) is 30.0 Å². The fraction of sp³-hybridized carbons (Fsp3) is 0.481. The average Bonchev–Trinajstić information content (AvgIpc) is 2.79. The summed E-state index contributed by atoms with van der Waals surface area (Å²) in [6, 6.07) is 12.2. The van der Waals surface area contributed by atoms with Gasteiger partial charge in [-0.1, -0.05) is 61.3 Å². The molecule has 2 amide bonds. The SMILES string of the molecule is Cc1cccc(CN(C(=O)CCCN(c2cc(Cl)ccc2C)S(C)(=O)=O)[C@@H](C)C(=O)NCC(C)C)c1. The van der Waals surface area contributed by atoms with Gasteiger partial charge in [0.25, 0.3) is 0 Å². The molecule has 0 bridgehead atoms. The molecule has 0 saturated carbocycles. The highest BCUT2D eigenvalue weighted by atomic mass is 35.5. The number of nitrogens with zero attached hydrogens (tertiary/aromatic N) is 2. The fourth-order valence-electron chi connectivity index (χ4n) is 3.88. The minimum absolute atomic E-state index is 0.0965. The molecule has 9 heteroatoms. The van der Waals surface area contributed by atoms with Gasteiger partial charge in [0, 0.05) is 31.1 Å². The lowest BCUT2D eigenvalue weighted by Crippen LogP contribution is -2.48. The van der Waals surface area contributed by atoms with Crippen LogP contribution in [0, 0.1) is 19.8 Å². The number of hydrogen-bond acceptors (Lipinski definition) is 4. The van der Waals surface area contributed by atoms with E-state index in [4.69, 9.17) is 11.6 Å². The summed E-state index contributed by atoms with van der Waals surface area (Å²) in [6.45, 7) is 10.5. The summed E-state index contributed by atoms with van der Waals surface area (Å²) in [4.78, 5) is 27.7. The second kappa shape index (κ2) is 13.1. The van der Waals surface area contributed by atoms with Crippen LogP contribution in [0.5, 0.6) is 0 Å². The van der Waals surface area contributed by atoms with Gasteiger partial charge in [0.05, 0.1) is 11.9 Å². The van der Waals surface area contributed by atoms with Crippen LogP contribution in [-0.2, 0) is 26.2 Å². The lowest BCUT2D eigenvalue weighted by Gasteiger charge is -2.30. The van der Waals surface area contributed by atoms with Crippen LogP contribution in [0.3, 0.4) is 0 Å². The Morgan fingerprint density at radius 1 is 1.06 bits per heavy atom. The highest BCUT2D eigenvalue weighted by molar-refractivity contribution is 7.92. The Labute approximate surface area is 220 Å². The van der Waals surface area contributed by atoms with Crippen molar-refractivity contribution in [3.05, 3.63) is 64.2 Å². The van der Waals surface area contributed by atoms with Crippen molar-refractivity contribution < 1.29 is 18.0 Å². The average molecular weight is 536 g/mol. The van der Waals surface area contributed by atoms with E-state index in [2.05, 4.69) is 5.32 Å². The lowest BCUT2D eigenvalue weighted by molar-refractivity contribution is -0.140. The summed E-state index contributed by atoms with van der Waals surface area (Å²) in [5.74, 6) is -0.129. The molecule has 2 rings (SSSR count). The van der Waals surface area contributed by atoms with Crippen molar-refractivity contribution in [2.75, 3.05) is 23.7 Å². The quantitative estimate of drug-likeness (QED) is 0.427. The van der Waals surface area contributed by atoms with Crippen molar-refractivity contribution in [1.82, 2.24) is 10.2 Å². The molecule has 7 nitrogen and oxygen atoms in total. The van der Waals surface area contributed by atoms with Crippen LogP contribution in [0.15, 0.2) is 42.5 Å². The van der Waals surface area contributed by atoms with Gasteiger partial charge in [0.2, 0.25) is 21.8 Å². The summed E-state index contributed by atoms with van der Waals surface area (Å²) < 4.78 is 26.4. The van der Waals surface area contributed by atoms with Crippen LogP contribution >= 0.6 is 11.6 Å². The molecule has 0 saturated heterocycles. The first kappa shape index (κ1) is 29.6. The molecule has 0 unspecified atom stereocenters. The Hall–Kier alpha value is -2.58. The Morgan fingerprint density at radius 2 is 1.75 bits per heavy atom. The number of carbonyl (C=O) groups excluding carboxylic acids is 2. The smallest absolute Gasteiger partial charge is 0.242 e. The van der Waals surface area contributed by atoms with E-state index in [-0.39, 0.29) is 24.8 Å². The topological polar surface area (TPSA) is 86.8 Å². The van der Waals surface area contributed by atoms with E-state index in [1.165, 1.54) is 4.31 Å². The molecule has 0 aromatic heterocycles. The van der Waals surface area contributed by atoms with Crippen LogP contribution in [0.25, 0.3) is 0 Å². The second-order valence-electron chi connectivity index (χ2n) is 9.70. The van der Waals surface area contributed by atoms with Crippen LogP contribution in [0.4, 0.5) is 5.69 Å². The minimum atomic E-state index is -3.59. The van der Waals surface area contributed by atoms with Gasteiger partial charge in [-0.2, -0.15) is 0 Å². The molecule has 0 aliphatic rings. The van der Waals surface area contributed by atoms with Gasteiger partial charge in [0.1, 0.15) is 6.04 Å². The first-order valence-electron chi connectivity index (χ1n) is 12.2. The van der Waals surface area contributed by atoms with Gasteiger partial charge in [0.15, 0.2) is 0 Å². The summed E-state index contributed by atoms with van der Waals surface area (Å²) in [5.41, 5.74) is 3.26. The van der Waals surface area contributed by atoms with Gasteiger partial charge in [-0.3, -0.25) is 13.9 Å². The number of hydrogen-bond donors (Lipinski definition) is 1. The van der Waals surface area contributed by atoms with Gasteiger partial charge in [-0.05, 0) is 56.4 Å². The molecular formula is C27H38ClN3O4S. The monoisotopic (exact) mass is 535 g/mol. The van der Waals surface area contributed by atoms with Crippen molar-refractivity contribution >= 4 is 39.1 Å². The van der Waals surface area contributed by atoms with Gasteiger partial charge >= 0.3 is 0 Å². The standard InChI is InChI=1S/C27H38ClN3O4S/c1-19(2)17-29-27(33)22(5)30(18-23-10-7-9-20(3)15-23)26(32)11-8-14-31(36(6,34)35)25-16-24(28)13-12-21(25)4/h7,9-10,12-13,15-16,19,22H,8,11,14,17-18H2,1-6H3,(H,29,33)/t22-/m0/s1. The normalized spacial score (nSPS) is 12.3. The first-order chi connectivity index (χ1) is 16.8. The second-order valence-corrected chi connectivity index (χ2v) is 12.0. The van der Waals surface area contributed by atoms with Gasteiger partial charge < -0.3 is 10.2 Å². The molecule has 0 spiro atoms. The Kier molecular flexibility index (Phi) is 10.8. The number of benzene rings is 2. The van der Waals surface area contributed by atoms with Crippen LogP contribution in [0.2, 0.25) is 5.02 Å². The number of anilines is 1. The molecule has 0 fully saturated rings. The summed E-state index contributed by atoms with van der Waals surface area (Å²) in [5, 5.41) is 3.34. The summed E-state index contributed by atoms with van der Waals surface area (Å²) in [6.07, 6.45) is 1.53. The minimum Gasteiger partial charge on any atom is -0.354 e. The maximum absolute atomic E-state index is 13.4. The molecule has 1 N–H and O–H groups in total. The molecule has 36 heavy (non-hydrogen) atoms. The molecule has 0 heterocycles. The number of carbonyl (C=O) groups is 2. The molecule has 198 valence electrons. The molecule has 0 radical (unpaired) electrons. The largest absolute Gasteiger partial charge is 0.354 e. The molecule has 0 aliphatic carbocycles. The lowest BCUT2D eigenvalue weighted by atomic mass is 10.1. The van der Waals surface area contributed by atoms with E-state index in [9.17, 15) is 18.0 Å². The van der Waals surface area contributed by atoms with E-state index in [0.29, 0.717) is 36.1 Å². The molecule has 2 aromatic carbocycles. The van der Waals surface area contributed by atoms with Crippen molar-refractivity contribution in [2.24, 2.45) is 5.92 Å². The third kappa shape index (κ3) is 8.82. The number of aryl methyl sites for hydroxylation is 2. The van der Waals surface area contributed by atoms with Crippen molar-refractivity contribution in [1.29, 1.82) is 0 Å². The summed E-state index contributed by atoms with van der Waals surface area (Å²) >= 11 is 6.11. The van der Waals surface area contributed by atoms with Crippen molar-refractivity contribution in [3.63, 3.8) is 0 Å². The molecule has 0 aliphatic heterocycles. The number of nitrogens with one attached hydrogen (secondary N) is 1. The zero-order valence-electron chi connectivity index (χ0n) is 22.0. The van der Waals surface area contributed by atoms with Crippen molar-refractivity contribution in [2.45, 2.75) is 60.0 Å². The van der Waals surface area contributed by atoms with Crippen LogP contribution in [0.1, 0.15) is 50.3 Å². The number of rotatable bonds is 12. The number of sulfonamides is 1. The Morgan fingerprint density at radius 3 is 2.36 bits per heavy atom. The number of halogens is 1. The highest BCUT2D eigenvalue weighted by Crippen LogP contribution is 2.27. The first-order valence-corrected chi connectivity index (χ1v) is 14.4. The van der Waals surface area contributed by atoms with Gasteiger partial charge in [-0.25, -0.2) is 8.42 Å². The van der Waals surface area contributed by atoms with E-state index >= 15 is 0 Å². The predicted octanol–water partition coefficient (Wildman–Crippen LogP) is 4.69.